The Balaban J connectivity index is 1.52. The van der Waals surface area contributed by atoms with Crippen LogP contribution in [0.15, 0.2) is 24.3 Å². The second-order valence-electron chi connectivity index (χ2n) is 7.09. The SMILES string of the molecule is C[C@H](Oc1ccc(C#N)cc1)C(=O)OCC(=O)N(C1CC1)[C@@H]1CCS(=O)(=O)C1. The number of nitriles is 1. The van der Waals surface area contributed by atoms with E-state index in [1.165, 1.54) is 6.92 Å². The zero-order valence-electron chi connectivity index (χ0n) is 15.5. The van der Waals surface area contributed by atoms with Crippen LogP contribution in [0.1, 0.15) is 31.7 Å². The minimum Gasteiger partial charge on any atom is -0.479 e. The maximum Gasteiger partial charge on any atom is 0.347 e. The van der Waals surface area contributed by atoms with E-state index in [-0.39, 0.29) is 29.5 Å². The molecule has 2 fully saturated rings. The van der Waals surface area contributed by atoms with Gasteiger partial charge in [-0.3, -0.25) is 4.79 Å². The highest BCUT2D eigenvalue weighted by Gasteiger charge is 2.42. The minimum atomic E-state index is -3.11. The lowest BCUT2D eigenvalue weighted by atomic mass is 10.2. The van der Waals surface area contributed by atoms with E-state index in [1.54, 1.807) is 29.2 Å². The Labute approximate surface area is 163 Å². The van der Waals surface area contributed by atoms with E-state index in [2.05, 4.69) is 0 Å². The van der Waals surface area contributed by atoms with Gasteiger partial charge in [-0.2, -0.15) is 5.26 Å². The van der Waals surface area contributed by atoms with Crippen LogP contribution in [0.25, 0.3) is 0 Å². The Morgan fingerprint density at radius 1 is 1.21 bits per heavy atom. The van der Waals surface area contributed by atoms with Gasteiger partial charge in [-0.05, 0) is 50.5 Å². The molecular weight excluding hydrogens is 384 g/mol. The van der Waals surface area contributed by atoms with Crippen molar-refractivity contribution < 1.29 is 27.5 Å². The molecule has 1 saturated heterocycles. The molecule has 2 aliphatic rings. The van der Waals surface area contributed by atoms with Crippen LogP contribution in [0.3, 0.4) is 0 Å². The van der Waals surface area contributed by atoms with Crippen molar-refractivity contribution in [2.45, 2.75) is 44.4 Å². The fourth-order valence-electron chi connectivity index (χ4n) is 3.24. The van der Waals surface area contributed by atoms with Crippen molar-refractivity contribution in [2.75, 3.05) is 18.1 Å². The quantitative estimate of drug-likeness (QED) is 0.622. The highest BCUT2D eigenvalue weighted by atomic mass is 32.2. The van der Waals surface area contributed by atoms with E-state index in [4.69, 9.17) is 14.7 Å². The molecule has 28 heavy (non-hydrogen) atoms. The molecular formula is C19H22N2O6S. The number of esters is 1. The average molecular weight is 406 g/mol. The van der Waals surface area contributed by atoms with Gasteiger partial charge in [-0.25, -0.2) is 13.2 Å². The third kappa shape index (κ3) is 5.01. The van der Waals surface area contributed by atoms with Crippen molar-refractivity contribution in [1.29, 1.82) is 5.26 Å². The monoisotopic (exact) mass is 406 g/mol. The topological polar surface area (TPSA) is 114 Å². The molecule has 0 N–H and O–H groups in total. The van der Waals surface area contributed by atoms with Crippen LogP contribution in [0.5, 0.6) is 5.75 Å². The summed E-state index contributed by atoms with van der Waals surface area (Å²) in [7, 11) is -3.11. The van der Waals surface area contributed by atoms with Crippen LogP contribution in [0, 0.1) is 11.3 Å². The molecule has 150 valence electrons. The van der Waals surface area contributed by atoms with E-state index in [1.807, 2.05) is 6.07 Å². The zero-order valence-corrected chi connectivity index (χ0v) is 16.4. The first-order valence-corrected chi connectivity index (χ1v) is 11.0. The molecule has 1 aromatic rings. The lowest BCUT2D eigenvalue weighted by molar-refractivity contribution is -0.158. The van der Waals surface area contributed by atoms with Crippen molar-refractivity contribution in [3.8, 4) is 11.8 Å². The molecule has 1 aromatic carbocycles. The van der Waals surface area contributed by atoms with Crippen molar-refractivity contribution in [3.63, 3.8) is 0 Å². The number of ether oxygens (including phenoxy) is 2. The predicted molar refractivity (Wildman–Crippen MR) is 99.1 cm³/mol. The molecule has 1 amide bonds. The zero-order chi connectivity index (χ0) is 20.3. The lowest BCUT2D eigenvalue weighted by Gasteiger charge is -2.28. The van der Waals surface area contributed by atoms with Crippen molar-refractivity contribution >= 4 is 21.7 Å². The Bertz CT molecular complexity index is 886. The fourth-order valence-corrected chi connectivity index (χ4v) is 4.95. The van der Waals surface area contributed by atoms with E-state index in [0.29, 0.717) is 17.7 Å². The summed E-state index contributed by atoms with van der Waals surface area (Å²) in [6.45, 7) is 1.07. The highest BCUT2D eigenvalue weighted by molar-refractivity contribution is 7.91. The molecule has 0 unspecified atom stereocenters. The molecule has 1 aliphatic heterocycles. The molecule has 1 aliphatic carbocycles. The highest BCUT2D eigenvalue weighted by Crippen LogP contribution is 2.32. The maximum absolute atomic E-state index is 12.6. The van der Waals surface area contributed by atoms with Gasteiger partial charge in [0, 0.05) is 12.1 Å². The van der Waals surface area contributed by atoms with Crippen molar-refractivity contribution in [1.82, 2.24) is 4.90 Å². The number of nitrogens with zero attached hydrogens (tertiary/aromatic N) is 2. The molecule has 0 spiro atoms. The number of hydrogen-bond acceptors (Lipinski definition) is 7. The van der Waals surface area contributed by atoms with Gasteiger partial charge in [0.25, 0.3) is 5.91 Å². The molecule has 9 heteroatoms. The molecule has 0 bridgehead atoms. The average Bonchev–Trinajstić information content (AvgIpc) is 3.43. The summed E-state index contributed by atoms with van der Waals surface area (Å²) < 4.78 is 34.0. The van der Waals surface area contributed by atoms with Crippen molar-refractivity contribution in [2.24, 2.45) is 0 Å². The van der Waals surface area contributed by atoms with Crippen LogP contribution < -0.4 is 4.74 Å². The van der Waals surface area contributed by atoms with Crippen LogP contribution in [0.2, 0.25) is 0 Å². The Morgan fingerprint density at radius 2 is 1.89 bits per heavy atom. The van der Waals surface area contributed by atoms with Gasteiger partial charge in [0.15, 0.2) is 22.5 Å². The van der Waals surface area contributed by atoms with Gasteiger partial charge in [0.2, 0.25) is 0 Å². The first-order chi connectivity index (χ1) is 13.3. The first-order valence-electron chi connectivity index (χ1n) is 9.14. The van der Waals surface area contributed by atoms with Gasteiger partial charge < -0.3 is 14.4 Å². The third-order valence-corrected chi connectivity index (χ3v) is 6.55. The number of carbonyl (C=O) groups is 2. The lowest BCUT2D eigenvalue weighted by Crippen LogP contribution is -2.45. The first kappa shape index (κ1) is 20.1. The number of hydrogen-bond donors (Lipinski definition) is 0. The second-order valence-corrected chi connectivity index (χ2v) is 9.32. The third-order valence-electron chi connectivity index (χ3n) is 4.80. The van der Waals surface area contributed by atoms with Crippen molar-refractivity contribution in [3.05, 3.63) is 29.8 Å². The number of sulfone groups is 1. The summed E-state index contributed by atoms with van der Waals surface area (Å²) in [5.41, 5.74) is 0.474. The standard InChI is InChI=1S/C19H22N2O6S/c1-13(27-17-6-2-14(10-20)3-7-17)19(23)26-11-18(22)21(15-4-5-15)16-8-9-28(24,25)12-16/h2-3,6-7,13,15-16H,4-5,8-9,11-12H2,1H3/t13-,16+/m0/s1. The summed E-state index contributed by atoms with van der Waals surface area (Å²) in [6, 6.07) is 7.97. The number of rotatable bonds is 7. The van der Waals surface area contributed by atoms with E-state index >= 15 is 0 Å². The van der Waals surface area contributed by atoms with Gasteiger partial charge in [0.1, 0.15) is 5.75 Å². The van der Waals surface area contributed by atoms with Crippen LogP contribution in [-0.2, 0) is 24.2 Å². The molecule has 8 nitrogen and oxygen atoms in total. The summed E-state index contributed by atoms with van der Waals surface area (Å²) in [5.74, 6) is -0.591. The number of amides is 1. The molecule has 1 saturated carbocycles. The predicted octanol–water partition coefficient (Wildman–Crippen LogP) is 1.05. The fraction of sp³-hybridized carbons (Fsp3) is 0.526. The minimum absolute atomic E-state index is 0.0264. The molecule has 0 radical (unpaired) electrons. The molecule has 2 atom stereocenters. The molecule has 0 aromatic heterocycles. The van der Waals surface area contributed by atoms with Crippen LogP contribution in [-0.4, -0.2) is 61.5 Å². The molecule has 1 heterocycles. The smallest absolute Gasteiger partial charge is 0.347 e. The Hall–Kier alpha value is -2.60. The molecule has 3 rings (SSSR count). The normalized spacial score (nSPS) is 21.4. The van der Waals surface area contributed by atoms with E-state index < -0.39 is 28.5 Å². The second kappa shape index (κ2) is 8.19. The maximum atomic E-state index is 12.6. The van der Waals surface area contributed by atoms with Gasteiger partial charge >= 0.3 is 5.97 Å². The summed E-state index contributed by atoms with van der Waals surface area (Å²) >= 11 is 0. The van der Waals surface area contributed by atoms with Gasteiger partial charge in [-0.15, -0.1) is 0 Å². The summed E-state index contributed by atoms with van der Waals surface area (Å²) in [5, 5.41) is 8.78. The largest absolute Gasteiger partial charge is 0.479 e. The number of carbonyl (C=O) groups excluding carboxylic acids is 2. The Kier molecular flexibility index (Phi) is 5.89. The Morgan fingerprint density at radius 3 is 2.43 bits per heavy atom. The summed E-state index contributed by atoms with van der Waals surface area (Å²) in [6.07, 6.45) is 1.18. The van der Waals surface area contributed by atoms with Crippen LogP contribution in [0.4, 0.5) is 0 Å². The van der Waals surface area contributed by atoms with Crippen LogP contribution >= 0.6 is 0 Å². The van der Waals surface area contributed by atoms with E-state index in [9.17, 15) is 18.0 Å². The van der Waals surface area contributed by atoms with Gasteiger partial charge in [-0.1, -0.05) is 0 Å². The van der Waals surface area contributed by atoms with Gasteiger partial charge in [0.05, 0.1) is 23.1 Å². The number of benzene rings is 1. The van der Waals surface area contributed by atoms with E-state index in [0.717, 1.165) is 12.8 Å². The summed E-state index contributed by atoms with van der Waals surface area (Å²) in [4.78, 5) is 26.3.